The first kappa shape index (κ1) is 16.2. The first-order valence-corrected chi connectivity index (χ1v) is 6.72. The van der Waals surface area contributed by atoms with Crippen LogP contribution in [0.3, 0.4) is 0 Å². The SMILES string of the molecule is CC(C)(C)C(=O)OCN1Cc2ccc(OC(F)F)cc2C1=O. The quantitative estimate of drug-likeness (QED) is 0.802. The van der Waals surface area contributed by atoms with E-state index in [2.05, 4.69) is 4.74 Å². The molecule has 0 N–H and O–H groups in total. The summed E-state index contributed by atoms with van der Waals surface area (Å²) in [7, 11) is 0. The molecule has 1 aromatic rings. The van der Waals surface area contributed by atoms with Crippen LogP contribution in [0.1, 0.15) is 36.7 Å². The lowest BCUT2D eigenvalue weighted by atomic mass is 9.98. The zero-order valence-electron chi connectivity index (χ0n) is 12.6. The third-order valence-corrected chi connectivity index (χ3v) is 3.15. The highest BCUT2D eigenvalue weighted by Gasteiger charge is 2.30. The molecule has 0 unspecified atom stereocenters. The van der Waals surface area contributed by atoms with E-state index in [0.29, 0.717) is 5.56 Å². The average molecular weight is 313 g/mol. The number of benzene rings is 1. The van der Waals surface area contributed by atoms with E-state index in [1.54, 1.807) is 26.8 Å². The summed E-state index contributed by atoms with van der Waals surface area (Å²) in [5, 5.41) is 0. The van der Waals surface area contributed by atoms with Crippen LogP contribution in [0.5, 0.6) is 5.75 Å². The molecule has 0 aromatic heterocycles. The van der Waals surface area contributed by atoms with Gasteiger partial charge in [-0.25, -0.2) is 0 Å². The maximum atomic E-state index is 12.2. The number of rotatable bonds is 4. The fraction of sp³-hybridized carbons (Fsp3) is 0.467. The second kappa shape index (κ2) is 5.90. The van der Waals surface area contributed by atoms with Gasteiger partial charge in [0.25, 0.3) is 5.91 Å². The van der Waals surface area contributed by atoms with E-state index in [9.17, 15) is 18.4 Å². The van der Waals surface area contributed by atoms with Crippen molar-refractivity contribution in [1.29, 1.82) is 0 Å². The number of hydrogen-bond donors (Lipinski definition) is 0. The molecule has 7 heteroatoms. The summed E-state index contributed by atoms with van der Waals surface area (Å²) >= 11 is 0. The van der Waals surface area contributed by atoms with Gasteiger partial charge < -0.3 is 14.4 Å². The lowest BCUT2D eigenvalue weighted by Crippen LogP contribution is -2.32. The number of carbonyl (C=O) groups excluding carboxylic acids is 2. The number of halogens is 2. The predicted molar refractivity (Wildman–Crippen MR) is 73.4 cm³/mol. The Hall–Kier alpha value is -2.18. The summed E-state index contributed by atoms with van der Waals surface area (Å²) in [4.78, 5) is 25.2. The molecule has 0 radical (unpaired) electrons. The van der Waals surface area contributed by atoms with Crippen LogP contribution in [0.2, 0.25) is 0 Å². The molecule has 0 fully saturated rings. The zero-order chi connectivity index (χ0) is 16.5. The van der Waals surface area contributed by atoms with Gasteiger partial charge in [0.2, 0.25) is 0 Å². The topological polar surface area (TPSA) is 55.8 Å². The van der Waals surface area contributed by atoms with Crippen molar-refractivity contribution in [3.05, 3.63) is 29.3 Å². The van der Waals surface area contributed by atoms with E-state index >= 15 is 0 Å². The number of amides is 1. The first-order valence-electron chi connectivity index (χ1n) is 6.72. The molecule has 1 aliphatic heterocycles. The molecule has 5 nitrogen and oxygen atoms in total. The highest BCUT2D eigenvalue weighted by Crippen LogP contribution is 2.27. The summed E-state index contributed by atoms with van der Waals surface area (Å²) in [6.45, 7) is 2.28. The molecule has 1 heterocycles. The largest absolute Gasteiger partial charge is 0.444 e. The summed E-state index contributed by atoms with van der Waals surface area (Å²) in [6.07, 6.45) is 0. The highest BCUT2D eigenvalue weighted by molar-refractivity contribution is 5.98. The summed E-state index contributed by atoms with van der Waals surface area (Å²) in [6, 6.07) is 4.20. The van der Waals surface area contributed by atoms with Crippen molar-refractivity contribution in [2.75, 3.05) is 6.73 Å². The Bertz CT molecular complexity index is 596. The van der Waals surface area contributed by atoms with Crippen LogP contribution in [-0.4, -0.2) is 30.1 Å². The van der Waals surface area contributed by atoms with Gasteiger partial charge in [0.15, 0.2) is 6.73 Å². The molecule has 0 atom stereocenters. The molecule has 0 aliphatic carbocycles. The molecule has 1 aliphatic rings. The van der Waals surface area contributed by atoms with E-state index in [0.717, 1.165) is 0 Å². The average Bonchev–Trinajstić information content (AvgIpc) is 2.71. The van der Waals surface area contributed by atoms with Crippen molar-refractivity contribution in [1.82, 2.24) is 4.90 Å². The standard InChI is InChI=1S/C15H17F2NO4/c1-15(2,3)13(20)21-8-18-7-9-4-5-10(22-14(16)17)6-11(9)12(18)19/h4-6,14H,7-8H2,1-3H3. The van der Waals surface area contributed by atoms with Gasteiger partial charge in [-0.1, -0.05) is 6.07 Å². The number of esters is 1. The van der Waals surface area contributed by atoms with Gasteiger partial charge in [0.1, 0.15) is 5.75 Å². The molecular weight excluding hydrogens is 296 g/mol. The molecular formula is C15H17F2NO4. The summed E-state index contributed by atoms with van der Waals surface area (Å²) in [5.74, 6) is -0.870. The van der Waals surface area contributed by atoms with Crippen LogP contribution in [0, 0.1) is 5.41 Å². The smallest absolute Gasteiger partial charge is 0.387 e. The number of hydrogen-bond acceptors (Lipinski definition) is 4. The van der Waals surface area contributed by atoms with E-state index in [-0.39, 0.29) is 30.5 Å². The lowest BCUT2D eigenvalue weighted by molar-refractivity contribution is -0.156. The Morgan fingerprint density at radius 2 is 2.05 bits per heavy atom. The van der Waals surface area contributed by atoms with E-state index in [1.807, 2.05) is 0 Å². The van der Waals surface area contributed by atoms with Crippen LogP contribution in [0.15, 0.2) is 18.2 Å². The third-order valence-electron chi connectivity index (χ3n) is 3.15. The monoisotopic (exact) mass is 313 g/mol. The van der Waals surface area contributed by atoms with Crippen molar-refractivity contribution in [3.8, 4) is 5.75 Å². The number of nitrogens with zero attached hydrogens (tertiary/aromatic N) is 1. The van der Waals surface area contributed by atoms with Crippen LogP contribution in [0.4, 0.5) is 8.78 Å². The molecule has 22 heavy (non-hydrogen) atoms. The molecule has 0 saturated carbocycles. The van der Waals surface area contributed by atoms with Gasteiger partial charge in [0.05, 0.1) is 12.0 Å². The number of ether oxygens (including phenoxy) is 2. The minimum atomic E-state index is -2.95. The Balaban J connectivity index is 2.04. The van der Waals surface area contributed by atoms with Crippen LogP contribution in [-0.2, 0) is 16.1 Å². The Kier molecular flexibility index (Phi) is 4.35. The van der Waals surface area contributed by atoms with Gasteiger partial charge in [-0.05, 0) is 38.5 Å². The number of carbonyl (C=O) groups is 2. The molecule has 2 rings (SSSR count). The first-order chi connectivity index (χ1) is 10.2. The van der Waals surface area contributed by atoms with Crippen molar-refractivity contribution >= 4 is 11.9 Å². The molecule has 120 valence electrons. The predicted octanol–water partition coefficient (Wildman–Crippen LogP) is 2.79. The van der Waals surface area contributed by atoms with Gasteiger partial charge in [-0.15, -0.1) is 0 Å². The normalized spacial score (nSPS) is 14.3. The Labute approximate surface area is 126 Å². The maximum absolute atomic E-state index is 12.2. The van der Waals surface area contributed by atoms with Gasteiger partial charge in [0, 0.05) is 5.56 Å². The molecule has 0 spiro atoms. The Morgan fingerprint density at radius 3 is 2.64 bits per heavy atom. The minimum absolute atomic E-state index is 0.0735. The van der Waals surface area contributed by atoms with E-state index in [4.69, 9.17) is 4.74 Å². The van der Waals surface area contributed by atoms with Crippen LogP contribution >= 0.6 is 0 Å². The summed E-state index contributed by atoms with van der Waals surface area (Å²) in [5.41, 5.74) is 0.303. The highest BCUT2D eigenvalue weighted by atomic mass is 19.3. The van der Waals surface area contributed by atoms with E-state index < -0.39 is 18.0 Å². The van der Waals surface area contributed by atoms with E-state index in [1.165, 1.54) is 17.0 Å². The Morgan fingerprint density at radius 1 is 1.36 bits per heavy atom. The molecule has 1 amide bonds. The molecule has 1 aromatic carbocycles. The second-order valence-corrected chi connectivity index (χ2v) is 6.01. The molecule has 0 bridgehead atoms. The number of fused-ring (bicyclic) bond motifs is 1. The van der Waals surface area contributed by atoms with Gasteiger partial charge >= 0.3 is 12.6 Å². The lowest BCUT2D eigenvalue weighted by Gasteiger charge is -2.20. The second-order valence-electron chi connectivity index (χ2n) is 6.01. The van der Waals surface area contributed by atoms with Gasteiger partial charge in [-0.2, -0.15) is 8.78 Å². The van der Waals surface area contributed by atoms with Crippen molar-refractivity contribution < 1.29 is 27.8 Å². The fourth-order valence-electron chi connectivity index (χ4n) is 1.97. The van der Waals surface area contributed by atoms with Crippen LogP contribution < -0.4 is 4.74 Å². The third kappa shape index (κ3) is 3.52. The van der Waals surface area contributed by atoms with Crippen molar-refractivity contribution in [3.63, 3.8) is 0 Å². The van der Waals surface area contributed by atoms with Crippen LogP contribution in [0.25, 0.3) is 0 Å². The number of alkyl halides is 2. The fourth-order valence-corrected chi connectivity index (χ4v) is 1.97. The minimum Gasteiger partial charge on any atom is -0.444 e. The summed E-state index contributed by atoms with van der Waals surface area (Å²) < 4.78 is 33.8. The zero-order valence-corrected chi connectivity index (χ0v) is 12.6. The molecule has 0 saturated heterocycles. The van der Waals surface area contributed by atoms with Crippen molar-refractivity contribution in [2.24, 2.45) is 5.41 Å². The van der Waals surface area contributed by atoms with Crippen molar-refractivity contribution in [2.45, 2.75) is 33.9 Å². The van der Waals surface area contributed by atoms with Gasteiger partial charge in [-0.3, -0.25) is 9.59 Å². The maximum Gasteiger partial charge on any atom is 0.387 e.